The van der Waals surface area contributed by atoms with Crippen molar-refractivity contribution in [1.82, 2.24) is 4.90 Å². The molecule has 0 aliphatic carbocycles. The van der Waals surface area contributed by atoms with E-state index in [9.17, 15) is 26.0 Å². The first-order valence-corrected chi connectivity index (χ1v) is 15.3. The summed E-state index contributed by atoms with van der Waals surface area (Å²) in [6, 6.07) is 11.0. The fourth-order valence-electron chi connectivity index (χ4n) is 5.68. The number of benzene rings is 3. The summed E-state index contributed by atoms with van der Waals surface area (Å²) in [5.74, 6) is -2.26. The van der Waals surface area contributed by atoms with Gasteiger partial charge >= 0.3 is 15.6 Å². The van der Waals surface area contributed by atoms with Crippen LogP contribution in [0.2, 0.25) is 5.02 Å². The molecule has 43 heavy (non-hydrogen) atoms. The predicted molar refractivity (Wildman–Crippen MR) is 152 cm³/mol. The van der Waals surface area contributed by atoms with E-state index in [0.717, 1.165) is 12.1 Å². The summed E-state index contributed by atoms with van der Waals surface area (Å²) in [5.41, 5.74) is -4.35. The van der Waals surface area contributed by atoms with E-state index in [2.05, 4.69) is 9.50 Å². The zero-order valence-corrected chi connectivity index (χ0v) is 24.4. The van der Waals surface area contributed by atoms with E-state index in [0.29, 0.717) is 47.9 Å². The molecule has 3 aromatic rings. The maximum Gasteiger partial charge on any atom is 0.534 e. The molecule has 1 saturated heterocycles. The van der Waals surface area contributed by atoms with Crippen LogP contribution < -0.4 is 14.4 Å². The number of nitrogens with one attached hydrogen (secondary N) is 1. The van der Waals surface area contributed by atoms with Gasteiger partial charge in [-0.25, -0.2) is 8.78 Å². The molecular formula is C29H28ClF6N3O3S. The van der Waals surface area contributed by atoms with Crippen LogP contribution in [0.5, 0.6) is 5.75 Å². The first-order chi connectivity index (χ1) is 20.3. The molecule has 5 rings (SSSR count). The highest BCUT2D eigenvalue weighted by atomic mass is 35.5. The molecular weight excluding hydrogens is 620 g/mol. The maximum absolute atomic E-state index is 15.9. The average Bonchev–Trinajstić information content (AvgIpc) is 2.89. The van der Waals surface area contributed by atoms with E-state index >= 15 is 8.78 Å². The van der Waals surface area contributed by atoms with Gasteiger partial charge in [0.1, 0.15) is 17.4 Å². The van der Waals surface area contributed by atoms with Crippen molar-refractivity contribution < 1.29 is 38.9 Å². The van der Waals surface area contributed by atoms with Crippen LogP contribution in [0.1, 0.15) is 36.1 Å². The van der Waals surface area contributed by atoms with Crippen LogP contribution in [-0.4, -0.2) is 57.2 Å². The Labute approximate surface area is 250 Å². The number of anilines is 2. The topological polar surface area (TPSA) is 61.9 Å². The number of halogens is 7. The van der Waals surface area contributed by atoms with Crippen molar-refractivity contribution in [2.45, 2.75) is 43.4 Å². The molecule has 2 heterocycles. The number of likely N-dealkylation sites (tertiary alicyclic amines) is 1. The Morgan fingerprint density at radius 1 is 1.02 bits per heavy atom. The fourth-order valence-corrected chi connectivity index (χ4v) is 6.25. The molecule has 0 radical (unpaired) electrons. The van der Waals surface area contributed by atoms with Crippen LogP contribution in [0.15, 0.2) is 54.6 Å². The van der Waals surface area contributed by atoms with Gasteiger partial charge in [0.25, 0.3) is 0 Å². The van der Waals surface area contributed by atoms with Crippen LogP contribution in [-0.2, 0) is 16.5 Å². The Kier molecular flexibility index (Phi) is 8.79. The molecule has 3 aromatic carbocycles. The Balaban J connectivity index is 1.52. The molecule has 1 N–H and O–H groups in total. The second-order valence-electron chi connectivity index (χ2n) is 10.7. The monoisotopic (exact) mass is 647 g/mol. The molecule has 1 fully saturated rings. The van der Waals surface area contributed by atoms with Crippen LogP contribution in [0.3, 0.4) is 0 Å². The van der Waals surface area contributed by atoms with E-state index in [1.165, 1.54) is 18.2 Å². The van der Waals surface area contributed by atoms with Crippen molar-refractivity contribution in [2.24, 2.45) is 0 Å². The lowest BCUT2D eigenvalue weighted by atomic mass is 9.84. The summed E-state index contributed by atoms with van der Waals surface area (Å²) in [6.07, 6.45) is 0.628. The lowest BCUT2D eigenvalue weighted by Crippen LogP contribution is -2.54. The minimum absolute atomic E-state index is 0.0587. The quantitative estimate of drug-likeness (QED) is 0.156. The van der Waals surface area contributed by atoms with Crippen molar-refractivity contribution in [3.63, 3.8) is 0 Å². The van der Waals surface area contributed by atoms with Gasteiger partial charge in [-0.05, 0) is 79.4 Å². The molecule has 232 valence electrons. The molecule has 2 aliphatic rings. The molecule has 0 saturated carbocycles. The minimum atomic E-state index is -5.92. The zero-order chi connectivity index (χ0) is 31.1. The van der Waals surface area contributed by atoms with Crippen molar-refractivity contribution >= 4 is 33.1 Å². The normalized spacial score (nSPS) is 19.6. The highest BCUT2D eigenvalue weighted by Crippen LogP contribution is 2.44. The van der Waals surface area contributed by atoms with E-state index in [1.807, 2.05) is 4.90 Å². The van der Waals surface area contributed by atoms with Crippen molar-refractivity contribution in [3.8, 4) is 5.75 Å². The molecule has 0 spiro atoms. The second-order valence-corrected chi connectivity index (χ2v) is 12.7. The van der Waals surface area contributed by atoms with Gasteiger partial charge in [0, 0.05) is 42.1 Å². The molecule has 2 aliphatic heterocycles. The standard InChI is InChI=1S/C29H28ClF6N3O3S/c1-17-11-18-12-23(42-43(40,41)29(34,35)36)7-8-24(18)28(39(17)22-5-3-19(30)4-6-22)27-25(32)13-20(14-26(27)33)37-21-15-38(16-21)10-2-9-31/h3-8,12-14,17,21,28,37H,2,9-11,15-16H2,1H3. The Hall–Kier alpha value is -3.16. The van der Waals surface area contributed by atoms with Crippen molar-refractivity contribution in [2.75, 3.05) is 36.5 Å². The van der Waals surface area contributed by atoms with Gasteiger partial charge in [0.05, 0.1) is 24.3 Å². The molecule has 0 aromatic heterocycles. The van der Waals surface area contributed by atoms with Crippen LogP contribution in [0.4, 0.5) is 37.7 Å². The smallest absolute Gasteiger partial charge is 0.380 e. The first-order valence-electron chi connectivity index (χ1n) is 13.5. The van der Waals surface area contributed by atoms with Gasteiger partial charge in [-0.3, -0.25) is 9.29 Å². The number of rotatable bonds is 9. The lowest BCUT2D eigenvalue weighted by molar-refractivity contribution is -0.0500. The fraction of sp³-hybridized carbons (Fsp3) is 0.379. The van der Waals surface area contributed by atoms with E-state index < -0.39 is 51.8 Å². The Bertz CT molecular complexity index is 1560. The molecule has 0 bridgehead atoms. The van der Waals surface area contributed by atoms with Crippen molar-refractivity contribution in [3.05, 3.63) is 87.9 Å². The third-order valence-electron chi connectivity index (χ3n) is 7.58. The number of nitrogens with zero attached hydrogens (tertiary/aromatic N) is 2. The highest BCUT2D eigenvalue weighted by Gasteiger charge is 2.49. The summed E-state index contributed by atoms with van der Waals surface area (Å²) in [6.45, 7) is 3.19. The highest BCUT2D eigenvalue weighted by molar-refractivity contribution is 7.88. The largest absolute Gasteiger partial charge is 0.534 e. The number of alkyl halides is 4. The Morgan fingerprint density at radius 2 is 1.67 bits per heavy atom. The molecule has 0 amide bonds. The lowest BCUT2D eigenvalue weighted by Gasteiger charge is -2.44. The zero-order valence-electron chi connectivity index (χ0n) is 22.8. The van der Waals surface area contributed by atoms with Gasteiger partial charge in [0.2, 0.25) is 0 Å². The molecule has 14 heteroatoms. The van der Waals surface area contributed by atoms with Gasteiger partial charge in [0.15, 0.2) is 0 Å². The summed E-state index contributed by atoms with van der Waals surface area (Å²) in [4.78, 5) is 3.82. The van der Waals surface area contributed by atoms with Crippen molar-refractivity contribution in [1.29, 1.82) is 0 Å². The van der Waals surface area contributed by atoms with Gasteiger partial charge in [-0.1, -0.05) is 17.7 Å². The number of fused-ring (bicyclic) bond motifs is 1. The second kappa shape index (κ2) is 12.1. The summed E-state index contributed by atoms with van der Waals surface area (Å²) < 4.78 is 111. The third-order valence-corrected chi connectivity index (χ3v) is 8.81. The molecule has 2 atom stereocenters. The third kappa shape index (κ3) is 6.53. The SMILES string of the molecule is CC1Cc2cc(OS(=O)(=O)C(F)(F)F)ccc2C(c2c(F)cc(NC3CN(CCCF)C3)cc2F)N1c1ccc(Cl)cc1. The van der Waals surface area contributed by atoms with Gasteiger partial charge in [-0.15, -0.1) is 0 Å². The van der Waals surface area contributed by atoms with Crippen LogP contribution in [0.25, 0.3) is 0 Å². The molecule has 6 nitrogen and oxygen atoms in total. The van der Waals surface area contributed by atoms with E-state index in [1.54, 1.807) is 36.1 Å². The van der Waals surface area contributed by atoms with Gasteiger partial charge in [-0.2, -0.15) is 21.6 Å². The first kappa shape index (κ1) is 31.3. The molecule has 2 unspecified atom stereocenters. The van der Waals surface area contributed by atoms with E-state index in [-0.39, 0.29) is 23.7 Å². The number of hydrogen-bond acceptors (Lipinski definition) is 6. The predicted octanol–water partition coefficient (Wildman–Crippen LogP) is 6.84. The summed E-state index contributed by atoms with van der Waals surface area (Å²) >= 11 is 6.08. The average molecular weight is 648 g/mol. The summed E-state index contributed by atoms with van der Waals surface area (Å²) in [7, 11) is -5.92. The van der Waals surface area contributed by atoms with Gasteiger partial charge < -0.3 is 14.4 Å². The van der Waals surface area contributed by atoms with Crippen LogP contribution in [0, 0.1) is 11.6 Å². The number of hydrogen-bond donors (Lipinski definition) is 1. The Morgan fingerprint density at radius 3 is 2.28 bits per heavy atom. The maximum atomic E-state index is 15.9. The summed E-state index contributed by atoms with van der Waals surface area (Å²) in [5, 5.41) is 3.56. The minimum Gasteiger partial charge on any atom is -0.380 e. The van der Waals surface area contributed by atoms with E-state index in [4.69, 9.17) is 11.6 Å². The van der Waals surface area contributed by atoms with Crippen LogP contribution >= 0.6 is 11.6 Å².